The quantitative estimate of drug-likeness (QED) is 0.526. The van der Waals surface area contributed by atoms with Gasteiger partial charge in [-0.15, -0.1) is 11.3 Å². The third-order valence-corrected chi connectivity index (χ3v) is 7.65. The minimum Gasteiger partial charge on any atom is -0.326 e. The number of sulfonamides is 1. The number of nitrogens with zero attached hydrogens (tertiary/aromatic N) is 2. The number of benzene rings is 2. The van der Waals surface area contributed by atoms with Crippen LogP contribution in [0.3, 0.4) is 0 Å². The van der Waals surface area contributed by atoms with Gasteiger partial charge in [-0.1, -0.05) is 43.6 Å². The van der Waals surface area contributed by atoms with E-state index in [2.05, 4.69) is 10.3 Å². The highest BCUT2D eigenvalue weighted by atomic mass is 35.5. The van der Waals surface area contributed by atoms with Gasteiger partial charge in [0.25, 0.3) is 0 Å². The molecular weight excluding hydrogens is 442 g/mol. The fourth-order valence-corrected chi connectivity index (χ4v) is 5.47. The van der Waals surface area contributed by atoms with E-state index in [0.717, 1.165) is 10.6 Å². The number of hydrogen-bond donors (Lipinski definition) is 1. The van der Waals surface area contributed by atoms with E-state index in [1.165, 1.54) is 27.8 Å². The molecular formula is C21H22ClN3O3S2. The predicted molar refractivity (Wildman–Crippen MR) is 121 cm³/mol. The molecule has 158 valence electrons. The SMILES string of the molecule is CCN(CC)S(=O)(=O)c1cccc(NC(=O)Cc2csc(-c3cccc(Cl)c3)n2)c1. The number of anilines is 1. The number of halogens is 1. The Labute approximate surface area is 185 Å². The highest BCUT2D eigenvalue weighted by Crippen LogP contribution is 2.26. The second-order valence-corrected chi connectivity index (χ2v) is 9.73. The molecule has 3 aromatic rings. The molecule has 0 unspecified atom stereocenters. The summed E-state index contributed by atoms with van der Waals surface area (Å²) in [6.45, 7) is 4.35. The molecule has 0 fully saturated rings. The molecule has 3 rings (SSSR count). The highest BCUT2D eigenvalue weighted by molar-refractivity contribution is 7.89. The number of thiazole rings is 1. The van der Waals surface area contributed by atoms with E-state index < -0.39 is 10.0 Å². The number of nitrogens with one attached hydrogen (secondary N) is 1. The van der Waals surface area contributed by atoms with Crippen molar-refractivity contribution >= 4 is 44.6 Å². The van der Waals surface area contributed by atoms with Crippen LogP contribution in [0.15, 0.2) is 58.8 Å². The Balaban J connectivity index is 1.70. The Bertz CT molecular complexity index is 1140. The average Bonchev–Trinajstić information content (AvgIpc) is 3.17. The van der Waals surface area contributed by atoms with Gasteiger partial charge in [0, 0.05) is 34.7 Å². The molecule has 1 amide bonds. The summed E-state index contributed by atoms with van der Waals surface area (Å²) in [5.41, 5.74) is 1.96. The van der Waals surface area contributed by atoms with Crippen LogP contribution in [0.4, 0.5) is 5.69 Å². The van der Waals surface area contributed by atoms with Crippen LogP contribution in [-0.4, -0.2) is 36.7 Å². The number of carbonyl (C=O) groups is 1. The lowest BCUT2D eigenvalue weighted by molar-refractivity contribution is -0.115. The number of carbonyl (C=O) groups excluding carboxylic acids is 1. The van der Waals surface area contributed by atoms with Crippen molar-refractivity contribution in [2.24, 2.45) is 0 Å². The van der Waals surface area contributed by atoms with Gasteiger partial charge in [0.05, 0.1) is 17.0 Å². The summed E-state index contributed by atoms with van der Waals surface area (Å²) < 4.78 is 26.7. The van der Waals surface area contributed by atoms with Crippen molar-refractivity contribution in [3.05, 3.63) is 64.6 Å². The van der Waals surface area contributed by atoms with Crippen molar-refractivity contribution in [3.8, 4) is 10.6 Å². The maximum absolute atomic E-state index is 12.7. The Morgan fingerprint density at radius 3 is 2.57 bits per heavy atom. The molecule has 0 atom stereocenters. The van der Waals surface area contributed by atoms with Crippen LogP contribution in [-0.2, 0) is 21.2 Å². The summed E-state index contributed by atoms with van der Waals surface area (Å²) in [5.74, 6) is -0.268. The van der Waals surface area contributed by atoms with Crippen molar-refractivity contribution in [3.63, 3.8) is 0 Å². The first-order chi connectivity index (χ1) is 14.3. The fraction of sp³-hybridized carbons (Fsp3) is 0.238. The van der Waals surface area contributed by atoms with Crippen LogP contribution in [0.2, 0.25) is 5.02 Å². The lowest BCUT2D eigenvalue weighted by atomic mass is 10.2. The number of amides is 1. The maximum Gasteiger partial charge on any atom is 0.243 e. The smallest absolute Gasteiger partial charge is 0.243 e. The van der Waals surface area contributed by atoms with Crippen molar-refractivity contribution in [2.45, 2.75) is 25.2 Å². The van der Waals surface area contributed by atoms with Gasteiger partial charge in [0.15, 0.2) is 0 Å². The zero-order chi connectivity index (χ0) is 21.7. The van der Waals surface area contributed by atoms with Gasteiger partial charge in [0.2, 0.25) is 15.9 Å². The van der Waals surface area contributed by atoms with E-state index in [4.69, 9.17) is 11.6 Å². The van der Waals surface area contributed by atoms with Crippen LogP contribution in [0.5, 0.6) is 0 Å². The molecule has 6 nitrogen and oxygen atoms in total. The summed E-state index contributed by atoms with van der Waals surface area (Å²) in [7, 11) is -3.59. The molecule has 0 radical (unpaired) electrons. The lowest BCUT2D eigenvalue weighted by Gasteiger charge is -2.18. The van der Waals surface area contributed by atoms with Crippen molar-refractivity contribution < 1.29 is 13.2 Å². The summed E-state index contributed by atoms with van der Waals surface area (Å²) in [6, 6.07) is 13.7. The molecule has 0 saturated carbocycles. The molecule has 0 aliphatic carbocycles. The predicted octanol–water partition coefficient (Wildman–Crippen LogP) is 4.68. The Hall–Kier alpha value is -2.26. The Morgan fingerprint density at radius 1 is 1.13 bits per heavy atom. The van der Waals surface area contributed by atoms with Crippen molar-refractivity contribution in [1.29, 1.82) is 0 Å². The normalized spacial score (nSPS) is 11.6. The fourth-order valence-electron chi connectivity index (χ4n) is 2.96. The van der Waals surface area contributed by atoms with Crippen LogP contribution in [0.1, 0.15) is 19.5 Å². The van der Waals surface area contributed by atoms with Gasteiger partial charge in [-0.25, -0.2) is 13.4 Å². The monoisotopic (exact) mass is 463 g/mol. The third-order valence-electron chi connectivity index (χ3n) is 4.43. The van der Waals surface area contributed by atoms with Gasteiger partial charge >= 0.3 is 0 Å². The zero-order valence-corrected chi connectivity index (χ0v) is 19.0. The van der Waals surface area contributed by atoms with Gasteiger partial charge in [-0.3, -0.25) is 4.79 Å². The largest absolute Gasteiger partial charge is 0.326 e. The molecule has 1 aromatic heterocycles. The first-order valence-electron chi connectivity index (χ1n) is 9.44. The van der Waals surface area contributed by atoms with Gasteiger partial charge in [-0.2, -0.15) is 4.31 Å². The van der Waals surface area contributed by atoms with Gasteiger partial charge in [0.1, 0.15) is 5.01 Å². The Morgan fingerprint density at radius 2 is 1.87 bits per heavy atom. The average molecular weight is 464 g/mol. The minimum atomic E-state index is -3.59. The first kappa shape index (κ1) is 22.4. The molecule has 0 aliphatic rings. The molecule has 0 spiro atoms. The summed E-state index contributed by atoms with van der Waals surface area (Å²) in [4.78, 5) is 17.1. The summed E-state index contributed by atoms with van der Waals surface area (Å²) in [6.07, 6.45) is 0.0874. The first-order valence-corrected chi connectivity index (χ1v) is 12.1. The number of hydrogen-bond acceptors (Lipinski definition) is 5. The molecule has 0 saturated heterocycles. The van der Waals surface area contributed by atoms with Crippen molar-refractivity contribution in [2.75, 3.05) is 18.4 Å². The zero-order valence-electron chi connectivity index (χ0n) is 16.6. The molecule has 1 N–H and O–H groups in total. The molecule has 0 aliphatic heterocycles. The van der Waals surface area contributed by atoms with Crippen LogP contribution in [0.25, 0.3) is 10.6 Å². The molecule has 9 heteroatoms. The van der Waals surface area contributed by atoms with E-state index in [1.54, 1.807) is 32.0 Å². The van der Waals surface area contributed by atoms with Crippen LogP contribution < -0.4 is 5.32 Å². The Kier molecular flexibility index (Phi) is 7.25. The van der Waals surface area contributed by atoms with E-state index in [1.807, 2.05) is 23.6 Å². The topological polar surface area (TPSA) is 79.4 Å². The molecule has 30 heavy (non-hydrogen) atoms. The highest BCUT2D eigenvalue weighted by Gasteiger charge is 2.22. The minimum absolute atomic E-state index is 0.0874. The van der Waals surface area contributed by atoms with E-state index in [9.17, 15) is 13.2 Å². The van der Waals surface area contributed by atoms with Crippen LogP contribution >= 0.6 is 22.9 Å². The summed E-state index contributed by atoms with van der Waals surface area (Å²) >= 11 is 7.46. The molecule has 1 heterocycles. The second-order valence-electron chi connectivity index (χ2n) is 6.50. The standard InChI is InChI=1S/C21H22ClN3O3S2/c1-3-25(4-2)30(27,28)19-10-6-9-17(12-19)23-20(26)13-18-14-29-21(24-18)15-7-5-8-16(22)11-15/h5-12,14H,3-4,13H2,1-2H3,(H,23,26). The maximum atomic E-state index is 12.7. The van der Waals surface area contributed by atoms with E-state index in [0.29, 0.717) is 29.5 Å². The summed E-state index contributed by atoms with van der Waals surface area (Å²) in [5, 5.41) is 6.00. The van der Waals surface area contributed by atoms with E-state index >= 15 is 0 Å². The molecule has 0 bridgehead atoms. The van der Waals surface area contributed by atoms with Crippen molar-refractivity contribution in [1.82, 2.24) is 9.29 Å². The van der Waals surface area contributed by atoms with Gasteiger partial charge in [-0.05, 0) is 30.3 Å². The van der Waals surface area contributed by atoms with Gasteiger partial charge < -0.3 is 5.32 Å². The van der Waals surface area contributed by atoms with Crippen LogP contribution in [0, 0.1) is 0 Å². The number of aromatic nitrogens is 1. The van der Waals surface area contributed by atoms with E-state index in [-0.39, 0.29) is 17.2 Å². The lowest BCUT2D eigenvalue weighted by Crippen LogP contribution is -2.30. The number of rotatable bonds is 8. The third kappa shape index (κ3) is 5.26. The molecule has 2 aromatic carbocycles. The second kappa shape index (κ2) is 9.70.